The summed E-state index contributed by atoms with van der Waals surface area (Å²) in [5, 5.41) is 3.28. The van der Waals surface area contributed by atoms with E-state index in [0.29, 0.717) is 12.6 Å². The Hall–Kier alpha value is -0.610. The van der Waals surface area contributed by atoms with Crippen molar-refractivity contribution in [2.24, 2.45) is 11.7 Å². The zero-order valence-corrected chi connectivity index (χ0v) is 11.8. The second-order valence-electron chi connectivity index (χ2n) is 5.99. The summed E-state index contributed by atoms with van der Waals surface area (Å²) in [5.74, 6) is 0.525. The van der Waals surface area contributed by atoms with Crippen LogP contribution in [0.5, 0.6) is 0 Å². The zero-order chi connectivity index (χ0) is 13.2. The van der Waals surface area contributed by atoms with Gasteiger partial charge in [0.15, 0.2) is 0 Å². The first kappa shape index (κ1) is 14.5. The van der Waals surface area contributed by atoms with Crippen LogP contribution >= 0.6 is 0 Å². The number of primary amides is 1. The van der Waals surface area contributed by atoms with Gasteiger partial charge in [-0.3, -0.25) is 4.79 Å². The lowest BCUT2D eigenvalue weighted by molar-refractivity contribution is -0.125. The third kappa shape index (κ3) is 3.96. The monoisotopic (exact) mass is 241 g/mol. The van der Waals surface area contributed by atoms with E-state index in [1.165, 1.54) is 12.8 Å². The molecule has 0 radical (unpaired) electrons. The van der Waals surface area contributed by atoms with E-state index < -0.39 is 5.54 Å². The van der Waals surface area contributed by atoms with Gasteiger partial charge in [0.2, 0.25) is 5.91 Å². The number of nitrogens with one attached hydrogen (secondary N) is 1. The minimum absolute atomic E-state index is 0.247. The van der Waals surface area contributed by atoms with Gasteiger partial charge in [0.1, 0.15) is 5.54 Å². The maximum atomic E-state index is 11.6. The molecule has 4 heteroatoms. The van der Waals surface area contributed by atoms with Crippen LogP contribution in [0.1, 0.15) is 40.5 Å². The van der Waals surface area contributed by atoms with Crippen molar-refractivity contribution in [2.75, 3.05) is 13.6 Å². The van der Waals surface area contributed by atoms with Gasteiger partial charge in [0.05, 0.1) is 0 Å². The second-order valence-corrected chi connectivity index (χ2v) is 5.99. The predicted octanol–water partition coefficient (Wildman–Crippen LogP) is 0.959. The quantitative estimate of drug-likeness (QED) is 0.698. The molecule has 0 heterocycles. The van der Waals surface area contributed by atoms with E-state index in [2.05, 4.69) is 24.2 Å². The minimum Gasteiger partial charge on any atom is -0.368 e. The van der Waals surface area contributed by atoms with Gasteiger partial charge in [-0.2, -0.15) is 0 Å². The molecule has 0 aromatic rings. The number of amides is 1. The fourth-order valence-electron chi connectivity index (χ4n) is 2.41. The van der Waals surface area contributed by atoms with Crippen LogP contribution in [0.2, 0.25) is 0 Å². The number of rotatable bonds is 7. The van der Waals surface area contributed by atoms with Gasteiger partial charge in [-0.1, -0.05) is 0 Å². The second kappa shape index (κ2) is 5.36. The molecule has 2 unspecified atom stereocenters. The first-order chi connectivity index (χ1) is 7.76. The summed E-state index contributed by atoms with van der Waals surface area (Å²) in [7, 11) is 2.08. The average molecular weight is 241 g/mol. The van der Waals surface area contributed by atoms with Crippen molar-refractivity contribution >= 4 is 5.91 Å². The van der Waals surface area contributed by atoms with Gasteiger partial charge in [-0.15, -0.1) is 0 Å². The maximum Gasteiger partial charge on any atom is 0.238 e. The molecule has 17 heavy (non-hydrogen) atoms. The first-order valence-electron chi connectivity index (χ1n) is 6.54. The maximum absolute atomic E-state index is 11.6. The average Bonchev–Trinajstić information content (AvgIpc) is 2.97. The zero-order valence-electron chi connectivity index (χ0n) is 11.8. The minimum atomic E-state index is -0.647. The molecule has 2 atom stereocenters. The number of likely N-dealkylation sites (N-methyl/N-ethyl adjacent to an activating group) is 1. The van der Waals surface area contributed by atoms with Crippen molar-refractivity contribution in [1.82, 2.24) is 10.2 Å². The van der Waals surface area contributed by atoms with E-state index in [9.17, 15) is 4.79 Å². The highest BCUT2D eigenvalue weighted by Gasteiger charge is 2.37. The molecule has 1 saturated carbocycles. The highest BCUT2D eigenvalue weighted by Crippen LogP contribution is 2.34. The number of nitrogens with zero attached hydrogens (tertiary/aromatic N) is 1. The Morgan fingerprint density at radius 2 is 2.00 bits per heavy atom. The van der Waals surface area contributed by atoms with Gasteiger partial charge in [-0.25, -0.2) is 0 Å². The highest BCUT2D eigenvalue weighted by atomic mass is 16.1. The molecule has 0 aromatic carbocycles. The Labute approximate surface area is 105 Å². The van der Waals surface area contributed by atoms with E-state index >= 15 is 0 Å². The van der Waals surface area contributed by atoms with Crippen molar-refractivity contribution < 1.29 is 4.79 Å². The van der Waals surface area contributed by atoms with Crippen molar-refractivity contribution in [2.45, 2.75) is 58.2 Å². The Kier molecular flexibility index (Phi) is 4.55. The molecule has 0 aliphatic heterocycles. The fraction of sp³-hybridized carbons (Fsp3) is 0.923. The molecule has 1 amide bonds. The van der Waals surface area contributed by atoms with Crippen LogP contribution in [-0.2, 0) is 4.79 Å². The van der Waals surface area contributed by atoms with E-state index in [1.54, 1.807) is 0 Å². The molecule has 1 aliphatic carbocycles. The lowest BCUT2D eigenvalue weighted by atomic mass is 9.98. The summed E-state index contributed by atoms with van der Waals surface area (Å²) in [6.07, 6.45) is 2.63. The first-order valence-corrected chi connectivity index (χ1v) is 6.54. The lowest BCUT2D eigenvalue weighted by Gasteiger charge is -2.36. The molecule has 0 saturated heterocycles. The number of hydrogen-bond donors (Lipinski definition) is 2. The fourth-order valence-corrected chi connectivity index (χ4v) is 2.41. The van der Waals surface area contributed by atoms with Crippen LogP contribution < -0.4 is 11.1 Å². The van der Waals surface area contributed by atoms with E-state index in [1.807, 2.05) is 20.8 Å². The Morgan fingerprint density at radius 3 is 2.35 bits per heavy atom. The SMILES string of the molecule is CC(C)NC(C)(CN(C)C(C)C1CC1)C(N)=O. The Balaban J connectivity index is 2.61. The smallest absolute Gasteiger partial charge is 0.238 e. The number of hydrogen-bond acceptors (Lipinski definition) is 3. The largest absolute Gasteiger partial charge is 0.368 e. The van der Waals surface area contributed by atoms with Crippen LogP contribution in [0, 0.1) is 5.92 Å². The molecule has 100 valence electrons. The summed E-state index contributed by atoms with van der Waals surface area (Å²) in [6, 6.07) is 0.778. The van der Waals surface area contributed by atoms with E-state index in [4.69, 9.17) is 5.73 Å². The van der Waals surface area contributed by atoms with Crippen molar-refractivity contribution in [3.8, 4) is 0 Å². The summed E-state index contributed by atoms with van der Waals surface area (Å²) in [5.41, 5.74) is 4.88. The van der Waals surface area contributed by atoms with Gasteiger partial charge in [-0.05, 0) is 53.5 Å². The van der Waals surface area contributed by atoms with Crippen LogP contribution in [0.3, 0.4) is 0 Å². The Bertz CT molecular complexity index is 276. The summed E-state index contributed by atoms with van der Waals surface area (Å²) in [6.45, 7) is 8.86. The molecule has 1 aliphatic rings. The van der Waals surface area contributed by atoms with Gasteiger partial charge in [0.25, 0.3) is 0 Å². The third-order valence-corrected chi connectivity index (χ3v) is 3.72. The van der Waals surface area contributed by atoms with Crippen molar-refractivity contribution in [1.29, 1.82) is 0 Å². The van der Waals surface area contributed by atoms with E-state index in [0.717, 1.165) is 5.92 Å². The molecule has 0 aromatic heterocycles. The topological polar surface area (TPSA) is 58.4 Å². The number of nitrogens with two attached hydrogens (primary N) is 1. The van der Waals surface area contributed by atoms with Crippen LogP contribution in [0.4, 0.5) is 0 Å². The summed E-state index contributed by atoms with van der Waals surface area (Å²) >= 11 is 0. The molecule has 0 spiro atoms. The van der Waals surface area contributed by atoms with Crippen LogP contribution in [0.15, 0.2) is 0 Å². The Morgan fingerprint density at radius 1 is 1.47 bits per heavy atom. The van der Waals surface area contributed by atoms with Gasteiger partial charge < -0.3 is 16.0 Å². The summed E-state index contributed by atoms with van der Waals surface area (Å²) < 4.78 is 0. The molecule has 0 bridgehead atoms. The molecule has 1 fully saturated rings. The van der Waals surface area contributed by atoms with Gasteiger partial charge >= 0.3 is 0 Å². The van der Waals surface area contributed by atoms with Crippen LogP contribution in [-0.4, -0.2) is 42.0 Å². The summed E-state index contributed by atoms with van der Waals surface area (Å²) in [4.78, 5) is 13.9. The number of carbonyl (C=O) groups excluding carboxylic acids is 1. The van der Waals surface area contributed by atoms with Gasteiger partial charge in [0, 0.05) is 18.6 Å². The standard InChI is InChI=1S/C13H27N3O/c1-9(2)15-13(4,12(14)17)8-16(5)10(3)11-6-7-11/h9-11,15H,6-8H2,1-5H3,(H2,14,17). The molecular weight excluding hydrogens is 214 g/mol. The molecule has 3 N–H and O–H groups in total. The van der Waals surface area contributed by atoms with Crippen molar-refractivity contribution in [3.05, 3.63) is 0 Å². The third-order valence-electron chi connectivity index (χ3n) is 3.72. The van der Waals surface area contributed by atoms with Crippen LogP contribution in [0.25, 0.3) is 0 Å². The lowest BCUT2D eigenvalue weighted by Crippen LogP contribution is -2.61. The predicted molar refractivity (Wildman–Crippen MR) is 70.7 cm³/mol. The molecule has 4 nitrogen and oxygen atoms in total. The number of carbonyl (C=O) groups is 1. The normalized spacial score (nSPS) is 21.6. The molecule has 1 rings (SSSR count). The highest BCUT2D eigenvalue weighted by molar-refractivity contribution is 5.84. The molecular formula is C13H27N3O. The van der Waals surface area contributed by atoms with Crippen molar-refractivity contribution in [3.63, 3.8) is 0 Å². The van der Waals surface area contributed by atoms with E-state index in [-0.39, 0.29) is 11.9 Å².